The van der Waals surface area contributed by atoms with E-state index in [4.69, 9.17) is 9.29 Å². The molecule has 0 saturated carbocycles. The summed E-state index contributed by atoms with van der Waals surface area (Å²) in [5, 5.41) is 8.78. The fourth-order valence-electron chi connectivity index (χ4n) is 1.49. The highest BCUT2D eigenvalue weighted by molar-refractivity contribution is 9.11. The van der Waals surface area contributed by atoms with Crippen LogP contribution in [0.15, 0.2) is 56.3 Å². The number of carboxylic acid groups (broad SMARTS) is 1. The monoisotopic (exact) mass is 434 g/mol. The van der Waals surface area contributed by atoms with E-state index in [-0.39, 0.29) is 16.2 Å². The van der Waals surface area contributed by atoms with Crippen LogP contribution in [-0.2, 0) is 10.1 Å². The van der Waals surface area contributed by atoms with Crippen molar-refractivity contribution in [3.63, 3.8) is 0 Å². The third-order valence-electron chi connectivity index (χ3n) is 2.47. The van der Waals surface area contributed by atoms with Gasteiger partial charge in [-0.15, -0.1) is 0 Å². The van der Waals surface area contributed by atoms with Crippen LogP contribution < -0.4 is 4.18 Å². The van der Waals surface area contributed by atoms with Gasteiger partial charge in [-0.3, -0.25) is 0 Å². The molecule has 2 rings (SSSR count). The van der Waals surface area contributed by atoms with Gasteiger partial charge in [0.1, 0.15) is 10.6 Å². The van der Waals surface area contributed by atoms with Crippen LogP contribution in [0.1, 0.15) is 10.4 Å². The van der Waals surface area contributed by atoms with E-state index in [1.165, 1.54) is 30.3 Å². The van der Waals surface area contributed by atoms with Crippen molar-refractivity contribution in [3.05, 3.63) is 57.0 Å². The first kappa shape index (κ1) is 16.0. The van der Waals surface area contributed by atoms with Gasteiger partial charge in [-0.1, -0.05) is 15.9 Å². The quantitative estimate of drug-likeness (QED) is 0.741. The van der Waals surface area contributed by atoms with E-state index in [9.17, 15) is 13.2 Å². The van der Waals surface area contributed by atoms with Crippen molar-refractivity contribution in [3.8, 4) is 5.75 Å². The van der Waals surface area contributed by atoms with Crippen LogP contribution in [0.2, 0.25) is 0 Å². The molecule has 0 aliphatic rings. The topological polar surface area (TPSA) is 80.7 Å². The maximum absolute atomic E-state index is 12.2. The molecule has 0 saturated heterocycles. The lowest BCUT2D eigenvalue weighted by Crippen LogP contribution is -2.10. The number of rotatable bonds is 4. The molecule has 21 heavy (non-hydrogen) atoms. The molecule has 0 spiro atoms. The van der Waals surface area contributed by atoms with E-state index in [0.29, 0.717) is 8.95 Å². The summed E-state index contributed by atoms with van der Waals surface area (Å²) >= 11 is 6.35. The molecule has 0 atom stereocenters. The molecular weight excluding hydrogens is 428 g/mol. The molecule has 0 aliphatic carbocycles. The third-order valence-corrected chi connectivity index (χ3v) is 5.21. The highest BCUT2D eigenvalue weighted by Crippen LogP contribution is 2.28. The number of aromatic carboxylic acids is 1. The Morgan fingerprint density at radius 1 is 1.05 bits per heavy atom. The van der Waals surface area contributed by atoms with Crippen LogP contribution in [0.4, 0.5) is 0 Å². The molecule has 110 valence electrons. The minimum Gasteiger partial charge on any atom is -0.478 e. The SMILES string of the molecule is O=C(O)c1ccc(OS(=O)(=O)c2cc(Br)ccc2Br)cc1. The maximum atomic E-state index is 12.2. The summed E-state index contributed by atoms with van der Waals surface area (Å²) in [7, 11) is -4.02. The van der Waals surface area contributed by atoms with Crippen LogP contribution in [0.3, 0.4) is 0 Å². The Bertz CT molecular complexity index is 785. The molecule has 0 radical (unpaired) electrons. The molecule has 0 fully saturated rings. The van der Waals surface area contributed by atoms with Crippen LogP contribution in [0.25, 0.3) is 0 Å². The molecule has 2 aromatic carbocycles. The van der Waals surface area contributed by atoms with Crippen molar-refractivity contribution in [1.29, 1.82) is 0 Å². The summed E-state index contributed by atoms with van der Waals surface area (Å²) in [4.78, 5) is 10.7. The second kappa shape index (κ2) is 6.17. The molecule has 1 N–H and O–H groups in total. The standard InChI is InChI=1S/C13H8Br2O5S/c14-9-3-6-11(15)12(7-9)21(18,19)20-10-4-1-8(2-5-10)13(16)17/h1-7H,(H,16,17). The highest BCUT2D eigenvalue weighted by atomic mass is 79.9. The molecule has 5 nitrogen and oxygen atoms in total. The predicted molar refractivity (Wildman–Crippen MR) is 83.1 cm³/mol. The van der Waals surface area contributed by atoms with Gasteiger partial charge in [0.05, 0.1) is 5.56 Å². The van der Waals surface area contributed by atoms with Crippen molar-refractivity contribution in [2.75, 3.05) is 0 Å². The van der Waals surface area contributed by atoms with E-state index in [0.717, 1.165) is 0 Å². The van der Waals surface area contributed by atoms with E-state index >= 15 is 0 Å². The highest BCUT2D eigenvalue weighted by Gasteiger charge is 2.20. The Balaban J connectivity index is 2.33. The molecule has 0 unspecified atom stereocenters. The van der Waals surface area contributed by atoms with Crippen LogP contribution >= 0.6 is 31.9 Å². The first-order chi connectivity index (χ1) is 9.79. The lowest BCUT2D eigenvalue weighted by Gasteiger charge is -2.09. The van der Waals surface area contributed by atoms with Gasteiger partial charge in [0.15, 0.2) is 0 Å². The van der Waals surface area contributed by atoms with Gasteiger partial charge in [0.2, 0.25) is 0 Å². The summed E-state index contributed by atoms with van der Waals surface area (Å²) in [6, 6.07) is 9.77. The summed E-state index contributed by atoms with van der Waals surface area (Å²) in [5.74, 6) is -1.06. The number of benzene rings is 2. The predicted octanol–water partition coefficient (Wildman–Crippen LogP) is 3.68. The number of hydrogen-bond acceptors (Lipinski definition) is 4. The number of halogens is 2. The Labute approximate surface area is 137 Å². The number of hydrogen-bond donors (Lipinski definition) is 1. The largest absolute Gasteiger partial charge is 0.478 e. The summed E-state index contributed by atoms with van der Waals surface area (Å²) in [6.07, 6.45) is 0. The van der Waals surface area contributed by atoms with Crippen molar-refractivity contribution >= 4 is 47.9 Å². The molecular formula is C13H8Br2O5S. The molecule has 0 aliphatic heterocycles. The minimum atomic E-state index is -4.02. The second-order valence-electron chi connectivity index (χ2n) is 3.94. The Hall–Kier alpha value is -1.38. The van der Waals surface area contributed by atoms with Crippen molar-refractivity contribution in [1.82, 2.24) is 0 Å². The molecule has 0 heterocycles. The third kappa shape index (κ3) is 3.84. The van der Waals surface area contributed by atoms with E-state index in [1.54, 1.807) is 12.1 Å². The van der Waals surface area contributed by atoms with Gasteiger partial charge in [0, 0.05) is 8.95 Å². The Morgan fingerprint density at radius 3 is 2.24 bits per heavy atom. The van der Waals surface area contributed by atoms with E-state index < -0.39 is 16.1 Å². The van der Waals surface area contributed by atoms with E-state index in [2.05, 4.69) is 31.9 Å². The fraction of sp³-hybridized carbons (Fsp3) is 0. The van der Waals surface area contributed by atoms with Crippen molar-refractivity contribution < 1.29 is 22.5 Å². The fourth-order valence-corrected chi connectivity index (χ4v) is 3.88. The molecule has 8 heteroatoms. The zero-order valence-corrected chi connectivity index (χ0v) is 14.3. The molecule has 2 aromatic rings. The van der Waals surface area contributed by atoms with Crippen LogP contribution in [0.5, 0.6) is 5.75 Å². The number of carboxylic acids is 1. The summed E-state index contributed by atoms with van der Waals surface area (Å²) < 4.78 is 30.4. The van der Waals surface area contributed by atoms with Crippen molar-refractivity contribution in [2.24, 2.45) is 0 Å². The molecule has 0 aromatic heterocycles. The van der Waals surface area contributed by atoms with Gasteiger partial charge in [0.25, 0.3) is 0 Å². The first-order valence-electron chi connectivity index (χ1n) is 5.52. The first-order valence-corrected chi connectivity index (χ1v) is 8.52. The summed E-state index contributed by atoms with van der Waals surface area (Å²) in [6.45, 7) is 0. The smallest absolute Gasteiger partial charge is 0.340 e. The maximum Gasteiger partial charge on any atom is 0.340 e. The zero-order valence-electron chi connectivity index (χ0n) is 10.3. The lowest BCUT2D eigenvalue weighted by atomic mass is 10.2. The van der Waals surface area contributed by atoms with Crippen LogP contribution in [-0.4, -0.2) is 19.5 Å². The van der Waals surface area contributed by atoms with Gasteiger partial charge in [-0.2, -0.15) is 8.42 Å². The van der Waals surface area contributed by atoms with Crippen molar-refractivity contribution in [2.45, 2.75) is 4.90 Å². The Morgan fingerprint density at radius 2 is 1.67 bits per heavy atom. The van der Waals surface area contributed by atoms with Gasteiger partial charge in [-0.25, -0.2) is 4.79 Å². The number of carbonyl (C=O) groups is 1. The molecule has 0 bridgehead atoms. The normalized spacial score (nSPS) is 11.1. The average Bonchev–Trinajstić information content (AvgIpc) is 2.41. The zero-order chi connectivity index (χ0) is 15.6. The lowest BCUT2D eigenvalue weighted by molar-refractivity contribution is 0.0697. The summed E-state index contributed by atoms with van der Waals surface area (Å²) in [5.41, 5.74) is 0.0448. The van der Waals surface area contributed by atoms with E-state index in [1.807, 2.05) is 0 Å². The van der Waals surface area contributed by atoms with Crippen LogP contribution in [0, 0.1) is 0 Å². The van der Waals surface area contributed by atoms with Gasteiger partial charge >= 0.3 is 16.1 Å². The van der Waals surface area contributed by atoms with Gasteiger partial charge in [-0.05, 0) is 58.4 Å². The Kier molecular flexibility index (Phi) is 4.70. The minimum absolute atomic E-state index is 0.0285. The molecule has 0 amide bonds. The van der Waals surface area contributed by atoms with Gasteiger partial charge < -0.3 is 9.29 Å². The average molecular weight is 436 g/mol. The second-order valence-corrected chi connectivity index (χ2v) is 7.23.